The highest BCUT2D eigenvalue weighted by molar-refractivity contribution is 6.21. The van der Waals surface area contributed by atoms with E-state index in [1.807, 2.05) is 0 Å². The number of halogens is 3. The molecule has 1 unspecified atom stereocenters. The van der Waals surface area contributed by atoms with Gasteiger partial charge in [-0.05, 0) is 30.7 Å². The van der Waals surface area contributed by atoms with Crippen LogP contribution in [0, 0.1) is 0 Å². The van der Waals surface area contributed by atoms with Crippen LogP contribution in [0.25, 0.3) is 0 Å². The van der Waals surface area contributed by atoms with E-state index >= 15 is 0 Å². The maximum atomic E-state index is 12.0. The largest absolute Gasteiger partial charge is 0.573 e. The molecule has 3 amide bonds. The average Bonchev–Trinajstić information content (AvgIpc) is 2.65. The summed E-state index contributed by atoms with van der Waals surface area (Å²) < 4.78 is 39.8. The lowest BCUT2D eigenvalue weighted by atomic mass is 10.2. The molecule has 0 saturated carbocycles. The first-order valence-corrected chi connectivity index (χ1v) is 5.93. The Labute approximate surface area is 118 Å². The molecule has 21 heavy (non-hydrogen) atoms. The Balaban J connectivity index is 2.17. The summed E-state index contributed by atoms with van der Waals surface area (Å²) in [6.45, 7) is 3.48. The fraction of sp³-hybridized carbons (Fsp3) is 0.231. The molecule has 1 aliphatic rings. The summed E-state index contributed by atoms with van der Waals surface area (Å²) in [6.07, 6.45) is -3.03. The van der Waals surface area contributed by atoms with Gasteiger partial charge in [0, 0.05) is 0 Å². The SMILES string of the molecule is C=CCC1NC(=O)N(c2ccc(OC(F)(F)F)cc2)C1=O. The van der Waals surface area contributed by atoms with Crippen LogP contribution < -0.4 is 15.0 Å². The molecule has 1 saturated heterocycles. The van der Waals surface area contributed by atoms with E-state index in [9.17, 15) is 22.8 Å². The monoisotopic (exact) mass is 300 g/mol. The summed E-state index contributed by atoms with van der Waals surface area (Å²) in [5.74, 6) is -0.912. The van der Waals surface area contributed by atoms with Crippen molar-refractivity contribution >= 4 is 17.6 Å². The zero-order valence-electron chi connectivity index (χ0n) is 10.7. The number of nitrogens with one attached hydrogen (secondary N) is 1. The molecule has 0 bridgehead atoms. The fourth-order valence-corrected chi connectivity index (χ4v) is 1.90. The van der Waals surface area contributed by atoms with Gasteiger partial charge in [-0.2, -0.15) is 0 Å². The molecular weight excluding hydrogens is 289 g/mol. The number of carbonyl (C=O) groups excluding carboxylic acids is 2. The summed E-state index contributed by atoms with van der Waals surface area (Å²) in [5.41, 5.74) is 0.165. The van der Waals surface area contributed by atoms with Crippen molar-refractivity contribution in [1.29, 1.82) is 0 Å². The molecule has 0 spiro atoms. The van der Waals surface area contributed by atoms with Gasteiger partial charge in [-0.3, -0.25) is 4.79 Å². The van der Waals surface area contributed by atoms with E-state index in [1.165, 1.54) is 18.2 Å². The standard InChI is InChI=1S/C13H11F3N2O3/c1-2-3-10-11(19)18(12(20)17-10)8-4-6-9(7-5-8)21-13(14,15)16/h2,4-7,10H,1,3H2,(H,17,20). The maximum Gasteiger partial charge on any atom is 0.573 e. The molecule has 1 heterocycles. The first-order valence-electron chi connectivity index (χ1n) is 5.93. The van der Waals surface area contributed by atoms with Crippen LogP contribution in [0.4, 0.5) is 23.7 Å². The molecule has 1 atom stereocenters. The molecule has 1 fully saturated rings. The molecule has 1 aromatic carbocycles. The summed E-state index contributed by atoms with van der Waals surface area (Å²) in [5, 5.41) is 2.46. The van der Waals surface area contributed by atoms with Crippen molar-refractivity contribution in [2.24, 2.45) is 0 Å². The summed E-state index contributed by atoms with van der Waals surface area (Å²) >= 11 is 0. The van der Waals surface area contributed by atoms with Crippen LogP contribution in [0.1, 0.15) is 6.42 Å². The van der Waals surface area contributed by atoms with Gasteiger partial charge < -0.3 is 10.1 Å². The van der Waals surface area contributed by atoms with Crippen molar-refractivity contribution in [3.05, 3.63) is 36.9 Å². The lowest BCUT2D eigenvalue weighted by molar-refractivity contribution is -0.274. The second-order valence-electron chi connectivity index (χ2n) is 4.24. The van der Waals surface area contributed by atoms with E-state index in [-0.39, 0.29) is 12.1 Å². The Hall–Kier alpha value is -2.51. The lowest BCUT2D eigenvalue weighted by Crippen LogP contribution is -2.31. The quantitative estimate of drug-likeness (QED) is 0.687. The normalized spacial score (nSPS) is 18.6. The number of ether oxygens (including phenoxy) is 1. The Bertz CT molecular complexity index is 569. The van der Waals surface area contributed by atoms with Gasteiger partial charge in [0.2, 0.25) is 0 Å². The lowest BCUT2D eigenvalue weighted by Gasteiger charge is -2.14. The minimum atomic E-state index is -4.79. The van der Waals surface area contributed by atoms with Gasteiger partial charge in [-0.15, -0.1) is 19.8 Å². The van der Waals surface area contributed by atoms with Gasteiger partial charge in [0.15, 0.2) is 0 Å². The van der Waals surface area contributed by atoms with E-state index in [1.54, 1.807) is 0 Å². The highest BCUT2D eigenvalue weighted by atomic mass is 19.4. The van der Waals surface area contributed by atoms with E-state index in [2.05, 4.69) is 16.6 Å². The van der Waals surface area contributed by atoms with Crippen molar-refractivity contribution in [2.45, 2.75) is 18.8 Å². The molecule has 1 aliphatic heterocycles. The number of hydrogen-bond acceptors (Lipinski definition) is 3. The Morgan fingerprint density at radius 2 is 1.90 bits per heavy atom. The van der Waals surface area contributed by atoms with Crippen LogP contribution in [0.5, 0.6) is 5.75 Å². The van der Waals surface area contributed by atoms with E-state index < -0.39 is 30.1 Å². The molecule has 0 aromatic heterocycles. The number of rotatable bonds is 4. The summed E-state index contributed by atoms with van der Waals surface area (Å²) in [6, 6.07) is 3.13. The first-order chi connectivity index (χ1) is 9.81. The molecule has 1 N–H and O–H groups in total. The highest BCUT2D eigenvalue weighted by Crippen LogP contribution is 2.27. The van der Waals surface area contributed by atoms with Crippen molar-refractivity contribution in [1.82, 2.24) is 5.32 Å². The van der Waals surface area contributed by atoms with Crippen LogP contribution in [-0.4, -0.2) is 24.3 Å². The number of nitrogens with zero attached hydrogens (tertiary/aromatic N) is 1. The number of urea groups is 1. The van der Waals surface area contributed by atoms with Gasteiger partial charge >= 0.3 is 12.4 Å². The van der Waals surface area contributed by atoms with E-state index in [4.69, 9.17) is 0 Å². The van der Waals surface area contributed by atoms with Crippen LogP contribution >= 0.6 is 0 Å². The van der Waals surface area contributed by atoms with Gasteiger partial charge in [0.25, 0.3) is 5.91 Å². The van der Waals surface area contributed by atoms with E-state index in [0.717, 1.165) is 17.0 Å². The zero-order chi connectivity index (χ0) is 15.6. The number of imide groups is 1. The van der Waals surface area contributed by atoms with Gasteiger partial charge in [-0.25, -0.2) is 9.69 Å². The summed E-state index contributed by atoms with van der Waals surface area (Å²) in [7, 11) is 0. The van der Waals surface area contributed by atoms with Crippen molar-refractivity contribution in [3.8, 4) is 5.75 Å². The minimum absolute atomic E-state index is 0.165. The topological polar surface area (TPSA) is 58.6 Å². The number of alkyl halides is 3. The third-order valence-corrected chi connectivity index (χ3v) is 2.75. The molecule has 5 nitrogen and oxygen atoms in total. The van der Waals surface area contributed by atoms with Gasteiger partial charge in [0.05, 0.1) is 5.69 Å². The average molecular weight is 300 g/mol. The van der Waals surface area contributed by atoms with E-state index in [0.29, 0.717) is 0 Å². The van der Waals surface area contributed by atoms with Crippen molar-refractivity contribution in [3.63, 3.8) is 0 Å². The first kappa shape index (κ1) is 14.9. The number of anilines is 1. The third kappa shape index (κ3) is 3.33. The second kappa shape index (κ2) is 5.47. The predicted octanol–water partition coefficient (Wildman–Crippen LogP) is 2.59. The Kier molecular flexibility index (Phi) is 3.88. The maximum absolute atomic E-state index is 12.0. The molecule has 1 aromatic rings. The molecule has 112 valence electrons. The van der Waals surface area contributed by atoms with Crippen molar-refractivity contribution in [2.75, 3.05) is 4.90 Å². The Morgan fingerprint density at radius 1 is 1.29 bits per heavy atom. The zero-order valence-corrected chi connectivity index (χ0v) is 10.7. The number of hydrogen-bond donors (Lipinski definition) is 1. The molecule has 0 radical (unpaired) electrons. The molecule has 2 rings (SSSR count). The molecular formula is C13H11F3N2O3. The minimum Gasteiger partial charge on any atom is -0.406 e. The second-order valence-corrected chi connectivity index (χ2v) is 4.24. The number of carbonyl (C=O) groups is 2. The van der Waals surface area contributed by atoms with Crippen LogP contribution in [0.2, 0.25) is 0 Å². The van der Waals surface area contributed by atoms with Crippen LogP contribution in [-0.2, 0) is 4.79 Å². The fourth-order valence-electron chi connectivity index (χ4n) is 1.90. The molecule has 8 heteroatoms. The molecule has 0 aliphatic carbocycles. The van der Waals surface area contributed by atoms with Crippen molar-refractivity contribution < 1.29 is 27.5 Å². The highest BCUT2D eigenvalue weighted by Gasteiger charge is 2.38. The van der Waals surface area contributed by atoms with Crippen LogP contribution in [0.3, 0.4) is 0 Å². The Morgan fingerprint density at radius 3 is 2.43 bits per heavy atom. The smallest absolute Gasteiger partial charge is 0.406 e. The number of benzene rings is 1. The van der Waals surface area contributed by atoms with Gasteiger partial charge in [-0.1, -0.05) is 6.08 Å². The third-order valence-electron chi connectivity index (χ3n) is 2.75. The van der Waals surface area contributed by atoms with Gasteiger partial charge in [0.1, 0.15) is 11.8 Å². The number of amides is 3. The predicted molar refractivity (Wildman–Crippen MR) is 67.7 cm³/mol. The summed E-state index contributed by atoms with van der Waals surface area (Å²) in [4.78, 5) is 24.6. The van der Waals surface area contributed by atoms with Crippen LogP contribution in [0.15, 0.2) is 36.9 Å².